The molecule has 0 saturated heterocycles. The van der Waals surface area contributed by atoms with E-state index in [-0.39, 0.29) is 23.7 Å². The summed E-state index contributed by atoms with van der Waals surface area (Å²) in [5.74, 6) is -0.524. The average Bonchev–Trinajstić information content (AvgIpc) is 2.38. The lowest BCUT2D eigenvalue weighted by Gasteiger charge is -2.21. The van der Waals surface area contributed by atoms with Crippen molar-refractivity contribution in [1.29, 1.82) is 0 Å². The monoisotopic (exact) mass is 339 g/mol. The summed E-state index contributed by atoms with van der Waals surface area (Å²) in [5, 5.41) is 3.28. The Morgan fingerprint density at radius 3 is 2.40 bits per heavy atom. The van der Waals surface area contributed by atoms with Gasteiger partial charge in [-0.05, 0) is 43.7 Å². The van der Waals surface area contributed by atoms with Gasteiger partial charge < -0.3 is 5.32 Å². The lowest BCUT2D eigenvalue weighted by molar-refractivity contribution is 0.472. The molecule has 2 atom stereocenters. The molecule has 0 heterocycles. The lowest BCUT2D eigenvalue weighted by Crippen LogP contribution is -2.23. The van der Waals surface area contributed by atoms with Crippen molar-refractivity contribution in [3.05, 3.63) is 69.7 Å². The second kappa shape index (κ2) is 6.46. The molecule has 0 aliphatic rings. The van der Waals surface area contributed by atoms with Crippen LogP contribution in [0.25, 0.3) is 0 Å². The van der Waals surface area contributed by atoms with Gasteiger partial charge in [-0.2, -0.15) is 0 Å². The highest BCUT2D eigenvalue weighted by molar-refractivity contribution is 9.10. The van der Waals surface area contributed by atoms with Crippen LogP contribution in [0.1, 0.15) is 37.1 Å². The predicted octanol–water partition coefficient (Wildman–Crippen LogP) is 5.14. The van der Waals surface area contributed by atoms with Crippen LogP contribution < -0.4 is 5.32 Å². The van der Waals surface area contributed by atoms with Crippen molar-refractivity contribution in [3.63, 3.8) is 0 Å². The van der Waals surface area contributed by atoms with Gasteiger partial charge in [0.2, 0.25) is 0 Å². The molecule has 0 spiro atoms. The Balaban J connectivity index is 2.12. The fraction of sp³-hybridized carbons (Fsp3) is 0.250. The molecule has 0 aliphatic heterocycles. The molecule has 0 radical (unpaired) electrons. The van der Waals surface area contributed by atoms with Gasteiger partial charge in [-0.3, -0.25) is 0 Å². The molecule has 4 heteroatoms. The highest BCUT2D eigenvalue weighted by Crippen LogP contribution is 2.24. The standard InChI is InChI=1S/C16H16BrF2N/c1-10(12-4-3-5-14(18)8-12)20-11(2)15-7-6-13(17)9-16(15)19/h3-11,20H,1-2H3/t10-,11?/m0/s1. The van der Waals surface area contributed by atoms with Crippen LogP contribution in [-0.2, 0) is 0 Å². The molecule has 0 amide bonds. The van der Waals surface area contributed by atoms with Gasteiger partial charge in [0.15, 0.2) is 0 Å². The summed E-state index contributed by atoms with van der Waals surface area (Å²) in [4.78, 5) is 0. The van der Waals surface area contributed by atoms with E-state index in [1.54, 1.807) is 12.1 Å². The minimum atomic E-state index is -0.265. The number of benzene rings is 2. The van der Waals surface area contributed by atoms with Gasteiger partial charge >= 0.3 is 0 Å². The number of hydrogen-bond acceptors (Lipinski definition) is 1. The first-order chi connectivity index (χ1) is 9.47. The van der Waals surface area contributed by atoms with Crippen molar-refractivity contribution in [2.45, 2.75) is 25.9 Å². The summed E-state index contributed by atoms with van der Waals surface area (Å²) in [7, 11) is 0. The summed E-state index contributed by atoms with van der Waals surface area (Å²) in [6.07, 6.45) is 0. The van der Waals surface area contributed by atoms with Gasteiger partial charge in [-0.25, -0.2) is 8.78 Å². The van der Waals surface area contributed by atoms with E-state index in [0.717, 1.165) is 5.56 Å². The van der Waals surface area contributed by atoms with Gasteiger partial charge in [0.05, 0.1) is 0 Å². The number of nitrogens with one attached hydrogen (secondary N) is 1. The molecule has 2 aromatic carbocycles. The number of hydrogen-bond donors (Lipinski definition) is 1. The molecule has 1 nitrogen and oxygen atoms in total. The van der Waals surface area contributed by atoms with Gasteiger partial charge in [-0.15, -0.1) is 0 Å². The van der Waals surface area contributed by atoms with Crippen LogP contribution in [0, 0.1) is 11.6 Å². The summed E-state index contributed by atoms with van der Waals surface area (Å²) >= 11 is 3.24. The molecule has 0 saturated carbocycles. The van der Waals surface area contributed by atoms with E-state index in [1.165, 1.54) is 18.2 Å². The third kappa shape index (κ3) is 3.64. The van der Waals surface area contributed by atoms with Gasteiger partial charge in [0.25, 0.3) is 0 Å². The van der Waals surface area contributed by atoms with E-state index in [1.807, 2.05) is 26.0 Å². The fourth-order valence-electron chi connectivity index (χ4n) is 2.19. The third-order valence-electron chi connectivity index (χ3n) is 3.28. The number of rotatable bonds is 4. The largest absolute Gasteiger partial charge is 0.304 e. The van der Waals surface area contributed by atoms with E-state index in [2.05, 4.69) is 21.2 Å². The molecular formula is C16H16BrF2N. The molecule has 1 unspecified atom stereocenters. The Labute approximate surface area is 126 Å². The Morgan fingerprint density at radius 2 is 1.75 bits per heavy atom. The maximum atomic E-state index is 13.9. The van der Waals surface area contributed by atoms with Crippen LogP contribution in [0.5, 0.6) is 0 Å². The molecule has 0 aliphatic carbocycles. The molecule has 0 fully saturated rings. The fourth-order valence-corrected chi connectivity index (χ4v) is 2.52. The van der Waals surface area contributed by atoms with E-state index in [0.29, 0.717) is 10.0 Å². The SMILES string of the molecule is CC(N[C@@H](C)c1cccc(F)c1)c1ccc(Br)cc1F. The molecule has 2 rings (SSSR count). The second-order valence-electron chi connectivity index (χ2n) is 4.83. The molecule has 20 heavy (non-hydrogen) atoms. The number of halogens is 3. The molecule has 1 N–H and O–H groups in total. The minimum Gasteiger partial charge on any atom is -0.304 e. The molecular weight excluding hydrogens is 324 g/mol. The summed E-state index contributed by atoms with van der Waals surface area (Å²) in [6, 6.07) is 11.2. The summed E-state index contributed by atoms with van der Waals surface area (Å²) in [5.41, 5.74) is 1.44. The third-order valence-corrected chi connectivity index (χ3v) is 3.77. The van der Waals surface area contributed by atoms with E-state index in [4.69, 9.17) is 0 Å². The topological polar surface area (TPSA) is 12.0 Å². The van der Waals surface area contributed by atoms with Crippen molar-refractivity contribution in [3.8, 4) is 0 Å². The van der Waals surface area contributed by atoms with Crippen LogP contribution >= 0.6 is 15.9 Å². The quantitative estimate of drug-likeness (QED) is 0.813. The molecule has 106 valence electrons. The van der Waals surface area contributed by atoms with Crippen molar-refractivity contribution < 1.29 is 8.78 Å². The molecule has 2 aromatic rings. The average molecular weight is 340 g/mol. The zero-order chi connectivity index (χ0) is 14.7. The Bertz CT molecular complexity index is 601. The van der Waals surface area contributed by atoms with Crippen LogP contribution in [0.3, 0.4) is 0 Å². The summed E-state index contributed by atoms with van der Waals surface area (Å²) in [6.45, 7) is 3.82. The van der Waals surface area contributed by atoms with Crippen LogP contribution in [-0.4, -0.2) is 0 Å². The summed E-state index contributed by atoms with van der Waals surface area (Å²) < 4.78 is 27.8. The normalized spacial score (nSPS) is 14.1. The van der Waals surface area contributed by atoms with Crippen LogP contribution in [0.2, 0.25) is 0 Å². The Hall–Kier alpha value is -1.26. The van der Waals surface area contributed by atoms with Crippen molar-refractivity contribution in [2.75, 3.05) is 0 Å². The second-order valence-corrected chi connectivity index (χ2v) is 5.75. The van der Waals surface area contributed by atoms with Crippen LogP contribution in [0.4, 0.5) is 8.78 Å². The smallest absolute Gasteiger partial charge is 0.129 e. The highest BCUT2D eigenvalue weighted by Gasteiger charge is 2.15. The molecule has 0 aromatic heterocycles. The van der Waals surface area contributed by atoms with Crippen molar-refractivity contribution in [1.82, 2.24) is 5.32 Å². The van der Waals surface area contributed by atoms with E-state index in [9.17, 15) is 8.78 Å². The van der Waals surface area contributed by atoms with E-state index < -0.39 is 0 Å². The zero-order valence-electron chi connectivity index (χ0n) is 11.3. The van der Waals surface area contributed by atoms with Crippen molar-refractivity contribution in [2.24, 2.45) is 0 Å². The van der Waals surface area contributed by atoms with Gasteiger partial charge in [-0.1, -0.05) is 34.1 Å². The van der Waals surface area contributed by atoms with Gasteiger partial charge in [0, 0.05) is 22.1 Å². The van der Waals surface area contributed by atoms with Gasteiger partial charge in [0.1, 0.15) is 11.6 Å². The first kappa shape index (κ1) is 15.1. The highest BCUT2D eigenvalue weighted by atomic mass is 79.9. The van der Waals surface area contributed by atoms with Crippen LogP contribution in [0.15, 0.2) is 46.9 Å². The minimum absolute atomic E-state index is 0.0660. The lowest BCUT2D eigenvalue weighted by atomic mass is 10.0. The zero-order valence-corrected chi connectivity index (χ0v) is 12.9. The molecule has 0 bridgehead atoms. The first-order valence-corrected chi connectivity index (χ1v) is 7.23. The maximum absolute atomic E-state index is 13.9. The Kier molecular flexibility index (Phi) is 4.89. The maximum Gasteiger partial charge on any atom is 0.129 e. The van der Waals surface area contributed by atoms with Crippen molar-refractivity contribution >= 4 is 15.9 Å². The first-order valence-electron chi connectivity index (χ1n) is 6.44. The Morgan fingerprint density at radius 1 is 1.00 bits per heavy atom. The predicted molar refractivity (Wildman–Crippen MR) is 80.5 cm³/mol. The van der Waals surface area contributed by atoms with E-state index >= 15 is 0 Å².